The number of hydrogen-bond donors (Lipinski definition) is 1. The summed E-state index contributed by atoms with van der Waals surface area (Å²) in [5.74, 6) is 9.72. The molecule has 0 aromatic rings. The monoisotopic (exact) mass is 289 g/mol. The average molecular weight is 289 g/mol. The highest BCUT2D eigenvalue weighted by Crippen LogP contribution is 2.76. The van der Waals surface area contributed by atoms with Crippen LogP contribution in [0.3, 0.4) is 0 Å². The molecule has 10 atom stereocenters. The van der Waals surface area contributed by atoms with Crippen LogP contribution < -0.4 is 4.72 Å². The van der Waals surface area contributed by atoms with E-state index in [9.17, 15) is 0 Å². The largest absolute Gasteiger partial charge is 0.263 e. The molecule has 6 fully saturated rings. The summed E-state index contributed by atoms with van der Waals surface area (Å²) < 4.78 is 4.62. The Morgan fingerprint density at radius 3 is 2.80 bits per heavy atom. The van der Waals surface area contributed by atoms with Gasteiger partial charge in [-0.15, -0.1) is 0 Å². The van der Waals surface area contributed by atoms with Gasteiger partial charge in [0.15, 0.2) is 0 Å². The molecule has 6 aliphatic rings. The minimum Gasteiger partial charge on any atom is -0.263 e. The highest BCUT2D eigenvalue weighted by atomic mass is 32.2. The fourth-order valence-electron chi connectivity index (χ4n) is 8.55. The highest BCUT2D eigenvalue weighted by Gasteiger charge is 2.72. The lowest BCUT2D eigenvalue weighted by atomic mass is 9.52. The average Bonchev–Trinajstić information content (AvgIpc) is 2.98. The lowest BCUT2D eigenvalue weighted by molar-refractivity contribution is -0.0296. The van der Waals surface area contributed by atoms with E-state index in [4.69, 9.17) is 0 Å². The Labute approximate surface area is 127 Å². The molecule has 4 bridgehead atoms. The Morgan fingerprint density at radius 2 is 1.85 bits per heavy atom. The van der Waals surface area contributed by atoms with Crippen LogP contribution in [0.15, 0.2) is 0 Å². The van der Waals surface area contributed by atoms with Gasteiger partial charge in [-0.25, -0.2) is 0 Å². The maximum Gasteiger partial charge on any atom is 0.0397 e. The van der Waals surface area contributed by atoms with Gasteiger partial charge in [0.25, 0.3) is 0 Å². The first kappa shape index (κ1) is 11.8. The van der Waals surface area contributed by atoms with Gasteiger partial charge in [-0.3, -0.25) is 4.72 Å². The quantitative estimate of drug-likeness (QED) is 0.678. The van der Waals surface area contributed by atoms with E-state index in [1.54, 1.807) is 38.5 Å². The molecule has 4 unspecified atom stereocenters. The molecule has 1 N–H and O–H groups in total. The first-order valence-corrected chi connectivity index (χ1v) is 10.0. The van der Waals surface area contributed by atoms with Crippen LogP contribution in [0.1, 0.15) is 45.4 Å². The molecule has 2 heteroatoms. The minimum atomic E-state index is 0.691. The van der Waals surface area contributed by atoms with Crippen LogP contribution >= 0.6 is 11.9 Å². The van der Waals surface area contributed by atoms with Crippen LogP contribution in [0.4, 0.5) is 0 Å². The third-order valence-corrected chi connectivity index (χ3v) is 10.6. The van der Waals surface area contributed by atoms with Crippen LogP contribution in [-0.4, -0.2) is 11.3 Å². The molecule has 5 aliphatic carbocycles. The van der Waals surface area contributed by atoms with Crippen LogP contribution in [0.5, 0.6) is 0 Å². The van der Waals surface area contributed by atoms with Crippen LogP contribution in [-0.2, 0) is 0 Å². The van der Waals surface area contributed by atoms with Gasteiger partial charge in [-0.1, -0.05) is 18.9 Å². The number of nitrogens with one attached hydrogen (secondary N) is 1. The summed E-state index contributed by atoms with van der Waals surface area (Å²) in [5, 5.41) is 0. The van der Waals surface area contributed by atoms with Crippen molar-refractivity contribution in [3.8, 4) is 0 Å². The molecule has 1 heterocycles. The van der Waals surface area contributed by atoms with Gasteiger partial charge >= 0.3 is 0 Å². The molecular weight excluding hydrogens is 262 g/mol. The van der Waals surface area contributed by atoms with E-state index in [-0.39, 0.29) is 0 Å². The van der Waals surface area contributed by atoms with E-state index in [2.05, 4.69) is 23.6 Å². The Bertz CT molecular complexity index is 464. The van der Waals surface area contributed by atoms with E-state index in [0.717, 1.165) is 53.3 Å². The van der Waals surface area contributed by atoms with Crippen molar-refractivity contribution in [2.45, 2.75) is 50.2 Å². The Morgan fingerprint density at radius 1 is 0.950 bits per heavy atom. The first-order valence-electron chi connectivity index (χ1n) is 9.21. The van der Waals surface area contributed by atoms with Crippen molar-refractivity contribution in [2.75, 3.05) is 6.54 Å². The van der Waals surface area contributed by atoms with E-state index in [1.807, 2.05) is 0 Å². The Balaban J connectivity index is 1.58. The maximum atomic E-state index is 3.93. The van der Waals surface area contributed by atoms with Crippen molar-refractivity contribution in [3.63, 3.8) is 0 Å². The van der Waals surface area contributed by atoms with E-state index in [0.29, 0.717) is 4.75 Å². The van der Waals surface area contributed by atoms with Gasteiger partial charge in [0.05, 0.1) is 0 Å². The molecule has 6 rings (SSSR count). The molecule has 0 aromatic carbocycles. The SMILES string of the molecule is C[C@@H]1C2CCC3C4CCC5C[C@H]6C[C@H]1[C@H]6[C@]54SNC[C@H]32. The zero-order chi connectivity index (χ0) is 13.1. The third kappa shape index (κ3) is 1.08. The van der Waals surface area contributed by atoms with Crippen LogP contribution in [0.25, 0.3) is 0 Å². The predicted molar refractivity (Wildman–Crippen MR) is 83.1 cm³/mol. The smallest absolute Gasteiger partial charge is 0.0397 e. The minimum absolute atomic E-state index is 0.691. The molecule has 110 valence electrons. The molecule has 0 amide bonds. The van der Waals surface area contributed by atoms with Gasteiger partial charge < -0.3 is 0 Å². The van der Waals surface area contributed by atoms with Crippen molar-refractivity contribution in [1.82, 2.24) is 4.72 Å². The van der Waals surface area contributed by atoms with E-state index >= 15 is 0 Å². The molecule has 20 heavy (non-hydrogen) atoms. The topological polar surface area (TPSA) is 12.0 Å². The van der Waals surface area contributed by atoms with E-state index < -0.39 is 0 Å². The molecule has 0 aromatic heterocycles. The van der Waals surface area contributed by atoms with Crippen molar-refractivity contribution >= 4 is 11.9 Å². The third-order valence-electron chi connectivity index (χ3n) is 9.06. The lowest BCUT2D eigenvalue weighted by Crippen LogP contribution is -2.54. The second kappa shape index (κ2) is 3.62. The molecule has 1 spiro atoms. The summed E-state index contributed by atoms with van der Waals surface area (Å²) in [7, 11) is 0. The molecular formula is C18H27NS. The van der Waals surface area contributed by atoms with Crippen molar-refractivity contribution in [3.05, 3.63) is 0 Å². The number of rotatable bonds is 0. The first-order chi connectivity index (χ1) is 9.80. The summed E-state index contributed by atoms with van der Waals surface area (Å²) in [4.78, 5) is 0. The van der Waals surface area contributed by atoms with Crippen molar-refractivity contribution in [1.29, 1.82) is 0 Å². The molecule has 1 nitrogen and oxygen atoms in total. The summed E-state index contributed by atoms with van der Waals surface area (Å²) >= 11 is 2.28. The maximum absolute atomic E-state index is 3.93. The molecule has 1 saturated heterocycles. The predicted octanol–water partition coefficient (Wildman–Crippen LogP) is 3.95. The van der Waals surface area contributed by atoms with Gasteiger partial charge in [-0.05, 0) is 91.8 Å². The van der Waals surface area contributed by atoms with Gasteiger partial charge in [0, 0.05) is 11.3 Å². The highest BCUT2D eigenvalue weighted by molar-refractivity contribution is 7.98. The lowest BCUT2D eigenvalue weighted by Gasteiger charge is -2.56. The summed E-state index contributed by atoms with van der Waals surface area (Å²) in [6.45, 7) is 3.98. The molecule has 1 aliphatic heterocycles. The van der Waals surface area contributed by atoms with E-state index in [1.165, 1.54) is 6.54 Å². The molecule has 0 radical (unpaired) electrons. The summed E-state index contributed by atoms with van der Waals surface area (Å²) in [5.41, 5.74) is 0. The zero-order valence-corrected chi connectivity index (χ0v) is 13.4. The fraction of sp³-hybridized carbons (Fsp3) is 1.00. The standard InChI is InChI=1S/C18H27NS/c1-9-12-3-4-13-15(12)8-19-20-18-11(2-5-16(13)18)6-10-7-14(9)17(10)18/h9-17,19H,2-8H2,1H3/t9-,10+,11?,12?,13?,14-,15+,16?,17+,18+/m1/s1. The Kier molecular flexibility index (Phi) is 2.14. The van der Waals surface area contributed by atoms with Gasteiger partial charge in [0.2, 0.25) is 0 Å². The number of hydrogen-bond acceptors (Lipinski definition) is 2. The second-order valence-corrected chi connectivity index (χ2v) is 10.2. The van der Waals surface area contributed by atoms with Gasteiger partial charge in [-0.2, -0.15) is 0 Å². The zero-order valence-electron chi connectivity index (χ0n) is 12.6. The normalized spacial score (nSPS) is 69.2. The second-order valence-electron chi connectivity index (χ2n) is 9.03. The Hall–Kier alpha value is 0.310. The van der Waals surface area contributed by atoms with Crippen LogP contribution in [0, 0.1) is 53.3 Å². The van der Waals surface area contributed by atoms with Crippen LogP contribution in [0.2, 0.25) is 0 Å². The molecule has 5 saturated carbocycles. The van der Waals surface area contributed by atoms with Crippen molar-refractivity contribution in [2.24, 2.45) is 53.3 Å². The van der Waals surface area contributed by atoms with Crippen molar-refractivity contribution < 1.29 is 0 Å². The fourth-order valence-corrected chi connectivity index (χ4v) is 10.4. The van der Waals surface area contributed by atoms with Gasteiger partial charge in [0.1, 0.15) is 0 Å². The summed E-state index contributed by atoms with van der Waals surface area (Å²) in [6.07, 6.45) is 9.49. The summed E-state index contributed by atoms with van der Waals surface area (Å²) in [6, 6.07) is 0.